The summed E-state index contributed by atoms with van der Waals surface area (Å²) in [5.41, 5.74) is 2.66. The van der Waals surface area contributed by atoms with Crippen LogP contribution in [0.5, 0.6) is 0 Å². The van der Waals surface area contributed by atoms with Gasteiger partial charge < -0.3 is 15.4 Å². The maximum absolute atomic E-state index is 12.4. The summed E-state index contributed by atoms with van der Waals surface area (Å²) in [4.78, 5) is 32.3. The number of thiophene rings is 1. The molecular weight excluding hydrogens is 444 g/mol. The van der Waals surface area contributed by atoms with E-state index in [9.17, 15) is 9.59 Å². The molecular formula is C23H26N4O3S2. The van der Waals surface area contributed by atoms with Crippen molar-refractivity contribution in [2.75, 3.05) is 43.5 Å². The van der Waals surface area contributed by atoms with E-state index >= 15 is 0 Å². The number of amides is 2. The number of benzene rings is 1. The van der Waals surface area contributed by atoms with E-state index in [2.05, 4.69) is 32.7 Å². The van der Waals surface area contributed by atoms with Gasteiger partial charge in [0, 0.05) is 35.6 Å². The van der Waals surface area contributed by atoms with Crippen molar-refractivity contribution in [2.24, 2.45) is 0 Å². The molecule has 7 nitrogen and oxygen atoms in total. The fraction of sp³-hybridized carbons (Fsp3) is 0.348. The van der Waals surface area contributed by atoms with Crippen molar-refractivity contribution in [3.05, 3.63) is 63.3 Å². The van der Waals surface area contributed by atoms with E-state index in [0.717, 1.165) is 49.8 Å². The Bertz CT molecular complexity index is 1010. The number of hydrogen-bond acceptors (Lipinski definition) is 7. The lowest BCUT2D eigenvalue weighted by Crippen LogP contribution is -2.37. The second-order valence-corrected chi connectivity index (χ2v) is 9.46. The number of rotatable bonds is 9. The van der Waals surface area contributed by atoms with Crippen LogP contribution < -0.4 is 10.6 Å². The largest absolute Gasteiger partial charge is 0.379 e. The van der Waals surface area contributed by atoms with Crippen LogP contribution in [0.1, 0.15) is 16.1 Å². The van der Waals surface area contributed by atoms with Crippen molar-refractivity contribution < 1.29 is 14.3 Å². The molecule has 2 amide bonds. The molecule has 1 aromatic carbocycles. The van der Waals surface area contributed by atoms with Crippen molar-refractivity contribution >= 4 is 45.3 Å². The Morgan fingerprint density at radius 1 is 1.00 bits per heavy atom. The van der Waals surface area contributed by atoms with Crippen molar-refractivity contribution in [2.45, 2.75) is 19.3 Å². The van der Waals surface area contributed by atoms with E-state index in [-0.39, 0.29) is 18.2 Å². The van der Waals surface area contributed by atoms with Gasteiger partial charge >= 0.3 is 0 Å². The maximum atomic E-state index is 12.4. The van der Waals surface area contributed by atoms with Gasteiger partial charge in [-0.25, -0.2) is 4.98 Å². The molecule has 32 heavy (non-hydrogen) atoms. The summed E-state index contributed by atoms with van der Waals surface area (Å²) in [5, 5.41) is 9.97. The molecule has 9 heteroatoms. The van der Waals surface area contributed by atoms with E-state index < -0.39 is 0 Å². The first kappa shape index (κ1) is 22.6. The van der Waals surface area contributed by atoms with Gasteiger partial charge in [0.15, 0.2) is 5.13 Å². The molecule has 1 saturated heterocycles. The molecule has 2 aromatic heterocycles. The standard InChI is InChI=1S/C23H26N4O3S2/c28-21(14-19-16-32-23(25-19)26-22(29)15-20-2-1-13-31-20)24-18-5-3-17(4-6-18)7-8-27-9-11-30-12-10-27/h1-6,13,16H,7-12,14-15H2,(H,24,28)(H,25,26,29). The first-order valence-corrected chi connectivity index (χ1v) is 12.4. The Balaban J connectivity index is 1.21. The first-order chi connectivity index (χ1) is 15.6. The molecule has 4 rings (SSSR count). The highest BCUT2D eigenvalue weighted by Gasteiger charge is 2.12. The number of anilines is 2. The number of nitrogens with zero attached hydrogens (tertiary/aromatic N) is 2. The summed E-state index contributed by atoms with van der Waals surface area (Å²) < 4.78 is 5.38. The molecule has 3 heterocycles. The smallest absolute Gasteiger partial charge is 0.231 e. The van der Waals surface area contributed by atoms with Crippen LogP contribution in [0.3, 0.4) is 0 Å². The van der Waals surface area contributed by atoms with Crippen LogP contribution in [0.2, 0.25) is 0 Å². The maximum Gasteiger partial charge on any atom is 0.231 e. The summed E-state index contributed by atoms with van der Waals surface area (Å²) in [5.74, 6) is -0.237. The molecule has 0 aliphatic carbocycles. The minimum absolute atomic E-state index is 0.105. The van der Waals surface area contributed by atoms with E-state index in [1.807, 2.05) is 29.6 Å². The van der Waals surface area contributed by atoms with Crippen molar-refractivity contribution in [1.82, 2.24) is 9.88 Å². The SMILES string of the molecule is O=C(Cc1csc(NC(=O)Cc2cccs2)n1)Nc1ccc(CCN2CCOCC2)cc1. The number of hydrogen-bond donors (Lipinski definition) is 2. The molecule has 0 unspecified atom stereocenters. The highest BCUT2D eigenvalue weighted by atomic mass is 32.1. The molecule has 0 saturated carbocycles. The number of thiazole rings is 1. The number of carbonyl (C=O) groups excluding carboxylic acids is 2. The number of aromatic nitrogens is 1. The third-order valence-corrected chi connectivity index (χ3v) is 6.80. The van der Waals surface area contributed by atoms with Gasteiger partial charge in [-0.15, -0.1) is 22.7 Å². The topological polar surface area (TPSA) is 83.6 Å². The van der Waals surface area contributed by atoms with Gasteiger partial charge in [-0.3, -0.25) is 14.5 Å². The third-order valence-electron chi connectivity index (χ3n) is 5.11. The lowest BCUT2D eigenvalue weighted by atomic mass is 10.1. The van der Waals surface area contributed by atoms with Crippen molar-refractivity contribution in [1.29, 1.82) is 0 Å². The van der Waals surface area contributed by atoms with E-state index in [0.29, 0.717) is 17.2 Å². The fourth-order valence-electron chi connectivity index (χ4n) is 3.42. The Hall–Kier alpha value is -2.59. The average Bonchev–Trinajstić information content (AvgIpc) is 3.46. The molecule has 3 aromatic rings. The molecule has 1 aliphatic rings. The minimum atomic E-state index is -0.132. The van der Waals surface area contributed by atoms with E-state index in [4.69, 9.17) is 4.74 Å². The molecule has 1 aliphatic heterocycles. The van der Waals surface area contributed by atoms with Crippen LogP contribution in [0.25, 0.3) is 0 Å². The summed E-state index contributed by atoms with van der Waals surface area (Å²) in [7, 11) is 0. The zero-order chi connectivity index (χ0) is 22.2. The van der Waals surface area contributed by atoms with Gasteiger partial charge in [-0.1, -0.05) is 18.2 Å². The van der Waals surface area contributed by atoms with Gasteiger partial charge in [0.1, 0.15) is 0 Å². The predicted molar refractivity (Wildman–Crippen MR) is 129 cm³/mol. The monoisotopic (exact) mass is 470 g/mol. The lowest BCUT2D eigenvalue weighted by Gasteiger charge is -2.26. The van der Waals surface area contributed by atoms with Crippen LogP contribution in [0.4, 0.5) is 10.8 Å². The summed E-state index contributed by atoms with van der Waals surface area (Å²) in [6, 6.07) is 11.8. The van der Waals surface area contributed by atoms with Crippen LogP contribution in [0, 0.1) is 0 Å². The first-order valence-electron chi connectivity index (χ1n) is 10.6. The Kier molecular flexibility index (Phi) is 8.00. The summed E-state index contributed by atoms with van der Waals surface area (Å²) in [6.07, 6.45) is 1.47. The van der Waals surface area contributed by atoms with E-state index in [1.165, 1.54) is 16.9 Å². The minimum Gasteiger partial charge on any atom is -0.379 e. The number of morpholine rings is 1. The lowest BCUT2D eigenvalue weighted by molar-refractivity contribution is -0.116. The molecule has 2 N–H and O–H groups in total. The second-order valence-electron chi connectivity index (χ2n) is 7.57. The number of ether oxygens (including phenoxy) is 1. The van der Waals surface area contributed by atoms with Crippen LogP contribution in [-0.2, 0) is 33.6 Å². The molecule has 0 atom stereocenters. The highest BCUT2D eigenvalue weighted by molar-refractivity contribution is 7.14. The molecule has 1 fully saturated rings. The van der Waals surface area contributed by atoms with Crippen LogP contribution >= 0.6 is 22.7 Å². The third kappa shape index (κ3) is 6.96. The number of carbonyl (C=O) groups is 2. The predicted octanol–water partition coefficient (Wildman–Crippen LogP) is 3.44. The highest BCUT2D eigenvalue weighted by Crippen LogP contribution is 2.18. The molecule has 0 bridgehead atoms. The second kappa shape index (κ2) is 11.3. The summed E-state index contributed by atoms with van der Waals surface area (Å²) in [6.45, 7) is 4.63. The van der Waals surface area contributed by atoms with Gasteiger partial charge in [0.25, 0.3) is 0 Å². The van der Waals surface area contributed by atoms with Gasteiger partial charge in [0.2, 0.25) is 11.8 Å². The summed E-state index contributed by atoms with van der Waals surface area (Å²) >= 11 is 2.88. The zero-order valence-corrected chi connectivity index (χ0v) is 19.3. The van der Waals surface area contributed by atoms with Crippen LogP contribution in [0.15, 0.2) is 47.2 Å². The average molecular weight is 471 g/mol. The number of nitrogens with one attached hydrogen (secondary N) is 2. The Morgan fingerprint density at radius 2 is 1.78 bits per heavy atom. The van der Waals surface area contributed by atoms with Crippen molar-refractivity contribution in [3.8, 4) is 0 Å². The van der Waals surface area contributed by atoms with Gasteiger partial charge in [0.05, 0.1) is 31.7 Å². The van der Waals surface area contributed by atoms with Crippen LogP contribution in [-0.4, -0.2) is 54.5 Å². The normalized spacial score (nSPS) is 14.2. The van der Waals surface area contributed by atoms with Gasteiger partial charge in [-0.2, -0.15) is 0 Å². The van der Waals surface area contributed by atoms with E-state index in [1.54, 1.807) is 16.7 Å². The molecule has 0 spiro atoms. The molecule has 0 radical (unpaired) electrons. The molecule has 168 valence electrons. The zero-order valence-electron chi connectivity index (χ0n) is 17.7. The fourth-order valence-corrected chi connectivity index (χ4v) is 4.85. The quantitative estimate of drug-likeness (QED) is 0.501. The van der Waals surface area contributed by atoms with Gasteiger partial charge in [-0.05, 0) is 35.6 Å². The van der Waals surface area contributed by atoms with Crippen molar-refractivity contribution in [3.63, 3.8) is 0 Å². The Morgan fingerprint density at radius 3 is 2.53 bits per heavy atom. The Labute approximate surface area is 195 Å².